The van der Waals surface area contributed by atoms with Gasteiger partial charge in [-0.3, -0.25) is 4.79 Å². The van der Waals surface area contributed by atoms with Crippen molar-refractivity contribution in [2.24, 2.45) is 11.8 Å². The van der Waals surface area contributed by atoms with Crippen LogP contribution in [0.25, 0.3) is 0 Å². The fourth-order valence-corrected chi connectivity index (χ4v) is 2.45. The molecule has 3 atom stereocenters. The van der Waals surface area contributed by atoms with E-state index in [9.17, 15) is 4.79 Å². The third-order valence-corrected chi connectivity index (χ3v) is 3.95. The minimum absolute atomic E-state index is 0.0101. The van der Waals surface area contributed by atoms with E-state index < -0.39 is 0 Å². The Morgan fingerprint density at radius 3 is 2.41 bits per heavy atom. The lowest BCUT2D eigenvalue weighted by molar-refractivity contribution is 0.0927. The quantitative estimate of drug-likeness (QED) is 0.769. The van der Waals surface area contributed by atoms with E-state index in [2.05, 4.69) is 19.2 Å². The molecule has 1 aliphatic carbocycles. The average Bonchev–Trinajstić information content (AvgIpc) is 2.62. The third kappa shape index (κ3) is 2.60. The molecule has 1 aromatic carbocycles. The van der Waals surface area contributed by atoms with Crippen LogP contribution < -0.4 is 11.1 Å². The highest BCUT2D eigenvalue weighted by atomic mass is 16.1. The van der Waals surface area contributed by atoms with Crippen LogP contribution in [0.15, 0.2) is 24.3 Å². The number of anilines is 1. The van der Waals surface area contributed by atoms with Crippen molar-refractivity contribution in [1.29, 1.82) is 0 Å². The molecule has 1 aliphatic rings. The van der Waals surface area contributed by atoms with E-state index in [0.29, 0.717) is 29.1 Å². The van der Waals surface area contributed by atoms with Gasteiger partial charge in [0.05, 0.1) is 0 Å². The van der Waals surface area contributed by atoms with Gasteiger partial charge in [0.15, 0.2) is 0 Å². The van der Waals surface area contributed by atoms with Crippen LogP contribution in [0.1, 0.15) is 37.0 Å². The zero-order valence-electron chi connectivity index (χ0n) is 10.4. The summed E-state index contributed by atoms with van der Waals surface area (Å²) in [6.45, 7) is 4.46. The second-order valence-corrected chi connectivity index (χ2v) is 5.12. The number of benzene rings is 1. The smallest absolute Gasteiger partial charge is 0.251 e. The van der Waals surface area contributed by atoms with Crippen molar-refractivity contribution in [1.82, 2.24) is 5.32 Å². The van der Waals surface area contributed by atoms with Crippen LogP contribution in [0.2, 0.25) is 0 Å². The van der Waals surface area contributed by atoms with Crippen molar-refractivity contribution < 1.29 is 4.79 Å². The average molecular weight is 232 g/mol. The van der Waals surface area contributed by atoms with Crippen molar-refractivity contribution in [3.05, 3.63) is 29.8 Å². The lowest BCUT2D eigenvalue weighted by Gasteiger charge is -2.19. The van der Waals surface area contributed by atoms with Crippen LogP contribution in [0.4, 0.5) is 5.69 Å². The summed E-state index contributed by atoms with van der Waals surface area (Å²) in [5.74, 6) is 1.27. The summed E-state index contributed by atoms with van der Waals surface area (Å²) in [5, 5.41) is 3.12. The Morgan fingerprint density at radius 1 is 1.24 bits per heavy atom. The maximum absolute atomic E-state index is 12.0. The third-order valence-electron chi connectivity index (χ3n) is 3.95. The number of nitrogens with one attached hydrogen (secondary N) is 1. The minimum atomic E-state index is 0.0101. The van der Waals surface area contributed by atoms with Gasteiger partial charge in [-0.15, -0.1) is 0 Å². The van der Waals surface area contributed by atoms with Gasteiger partial charge >= 0.3 is 0 Å². The molecule has 0 aliphatic heterocycles. The first-order valence-electron chi connectivity index (χ1n) is 6.24. The van der Waals surface area contributed by atoms with E-state index in [1.807, 2.05) is 0 Å². The monoisotopic (exact) mass is 232 g/mol. The molecule has 3 unspecified atom stereocenters. The summed E-state index contributed by atoms with van der Waals surface area (Å²) < 4.78 is 0. The molecule has 0 aromatic heterocycles. The van der Waals surface area contributed by atoms with Crippen molar-refractivity contribution >= 4 is 11.6 Å². The Bertz CT molecular complexity index is 399. The minimum Gasteiger partial charge on any atom is -0.399 e. The number of carbonyl (C=O) groups excluding carboxylic acids is 1. The SMILES string of the molecule is CC1CCC(NC(=O)c2ccc(N)cc2)C1C. The predicted molar refractivity (Wildman–Crippen MR) is 69.7 cm³/mol. The molecule has 2 rings (SSSR count). The van der Waals surface area contributed by atoms with Gasteiger partial charge < -0.3 is 11.1 Å². The zero-order chi connectivity index (χ0) is 12.4. The Kier molecular flexibility index (Phi) is 3.36. The highest BCUT2D eigenvalue weighted by Crippen LogP contribution is 2.31. The molecule has 0 bridgehead atoms. The molecule has 3 nitrogen and oxygen atoms in total. The van der Waals surface area contributed by atoms with Crippen LogP contribution >= 0.6 is 0 Å². The first-order valence-corrected chi connectivity index (χ1v) is 6.24. The summed E-state index contributed by atoms with van der Waals surface area (Å²) in [6.07, 6.45) is 2.29. The van der Waals surface area contributed by atoms with E-state index in [-0.39, 0.29) is 5.91 Å². The largest absolute Gasteiger partial charge is 0.399 e. The highest BCUT2D eigenvalue weighted by molar-refractivity contribution is 5.94. The molecule has 0 spiro atoms. The van der Waals surface area contributed by atoms with Gasteiger partial charge in [0.2, 0.25) is 0 Å². The van der Waals surface area contributed by atoms with Gasteiger partial charge in [-0.25, -0.2) is 0 Å². The van der Waals surface area contributed by atoms with Crippen LogP contribution in [-0.4, -0.2) is 11.9 Å². The van der Waals surface area contributed by atoms with Gasteiger partial charge in [0.25, 0.3) is 5.91 Å². The van der Waals surface area contributed by atoms with Gasteiger partial charge in [-0.2, -0.15) is 0 Å². The zero-order valence-corrected chi connectivity index (χ0v) is 10.4. The van der Waals surface area contributed by atoms with E-state index >= 15 is 0 Å². The summed E-state index contributed by atoms with van der Waals surface area (Å²) in [6, 6.07) is 7.38. The Hall–Kier alpha value is -1.51. The number of amides is 1. The molecule has 92 valence electrons. The second kappa shape index (κ2) is 4.78. The van der Waals surface area contributed by atoms with Crippen LogP contribution in [0.3, 0.4) is 0 Å². The van der Waals surface area contributed by atoms with Crippen molar-refractivity contribution in [2.75, 3.05) is 5.73 Å². The maximum Gasteiger partial charge on any atom is 0.251 e. The number of carbonyl (C=O) groups is 1. The summed E-state index contributed by atoms with van der Waals surface area (Å²) in [4.78, 5) is 12.0. The van der Waals surface area contributed by atoms with Crippen LogP contribution in [-0.2, 0) is 0 Å². The van der Waals surface area contributed by atoms with Gasteiger partial charge in [0.1, 0.15) is 0 Å². The first-order chi connectivity index (χ1) is 8.08. The van der Waals surface area contributed by atoms with Crippen molar-refractivity contribution in [2.45, 2.75) is 32.7 Å². The highest BCUT2D eigenvalue weighted by Gasteiger charge is 2.30. The lowest BCUT2D eigenvalue weighted by atomic mass is 9.97. The fourth-order valence-electron chi connectivity index (χ4n) is 2.45. The molecule has 0 saturated heterocycles. The molecule has 1 aromatic rings. The first kappa shape index (κ1) is 12.0. The molecule has 1 saturated carbocycles. The molecule has 0 radical (unpaired) electrons. The normalized spacial score (nSPS) is 28.0. The second-order valence-electron chi connectivity index (χ2n) is 5.12. The number of nitrogen functional groups attached to an aromatic ring is 1. The Labute approximate surface area is 102 Å². The molecule has 17 heavy (non-hydrogen) atoms. The molecule has 1 fully saturated rings. The van der Waals surface area contributed by atoms with Gasteiger partial charge in [-0.05, 0) is 48.9 Å². The summed E-state index contributed by atoms with van der Waals surface area (Å²) in [7, 11) is 0. The van der Waals surface area contributed by atoms with Crippen molar-refractivity contribution in [3.8, 4) is 0 Å². The lowest BCUT2D eigenvalue weighted by Crippen LogP contribution is -2.37. The molecule has 3 heteroatoms. The van der Waals surface area contributed by atoms with Gasteiger partial charge in [-0.1, -0.05) is 13.8 Å². The fraction of sp³-hybridized carbons (Fsp3) is 0.500. The predicted octanol–water partition coefficient (Wildman–Crippen LogP) is 2.43. The number of nitrogens with two attached hydrogens (primary N) is 1. The summed E-state index contributed by atoms with van der Waals surface area (Å²) >= 11 is 0. The van der Waals surface area contributed by atoms with Crippen LogP contribution in [0, 0.1) is 11.8 Å². The summed E-state index contributed by atoms with van der Waals surface area (Å²) in [5.41, 5.74) is 6.97. The van der Waals surface area contributed by atoms with Gasteiger partial charge in [0, 0.05) is 17.3 Å². The van der Waals surface area contributed by atoms with E-state index in [4.69, 9.17) is 5.73 Å². The molecular weight excluding hydrogens is 212 g/mol. The van der Waals surface area contributed by atoms with Crippen molar-refractivity contribution in [3.63, 3.8) is 0 Å². The maximum atomic E-state index is 12.0. The van der Waals surface area contributed by atoms with E-state index in [1.54, 1.807) is 24.3 Å². The number of hydrogen-bond donors (Lipinski definition) is 2. The molecule has 3 N–H and O–H groups in total. The van der Waals surface area contributed by atoms with E-state index in [1.165, 1.54) is 6.42 Å². The topological polar surface area (TPSA) is 55.1 Å². The van der Waals surface area contributed by atoms with Crippen LogP contribution in [0.5, 0.6) is 0 Å². The number of hydrogen-bond acceptors (Lipinski definition) is 2. The molecule has 0 heterocycles. The molecule has 1 amide bonds. The number of rotatable bonds is 2. The molecular formula is C14H20N2O. The van der Waals surface area contributed by atoms with E-state index in [0.717, 1.165) is 6.42 Å². The standard InChI is InChI=1S/C14H20N2O/c1-9-3-8-13(10(9)2)16-14(17)11-4-6-12(15)7-5-11/h4-7,9-10,13H,3,8,15H2,1-2H3,(H,16,17). The Morgan fingerprint density at radius 2 is 1.88 bits per heavy atom. The Balaban J connectivity index is 2.00.